The molecule has 0 N–H and O–H groups in total. The second-order valence-electron chi connectivity index (χ2n) is 14.4. The van der Waals surface area contributed by atoms with E-state index in [4.69, 9.17) is 0 Å². The van der Waals surface area contributed by atoms with Gasteiger partial charge in [-0.3, -0.25) is 0 Å². The van der Waals surface area contributed by atoms with E-state index in [-0.39, 0.29) is 5.41 Å². The highest BCUT2D eigenvalue weighted by atomic mass is 14.3. The fourth-order valence-electron chi connectivity index (χ4n) is 7.86. The normalized spacial score (nSPS) is 12.0. The summed E-state index contributed by atoms with van der Waals surface area (Å²) >= 11 is 0. The van der Waals surface area contributed by atoms with Crippen molar-refractivity contribution in [2.75, 3.05) is 0 Å². The van der Waals surface area contributed by atoms with Crippen LogP contribution in [0.5, 0.6) is 0 Å². The van der Waals surface area contributed by atoms with E-state index in [0.29, 0.717) is 0 Å². The van der Waals surface area contributed by atoms with Crippen LogP contribution in [0.2, 0.25) is 0 Å². The maximum Gasteiger partial charge on any atom is -0.00201 e. The number of rotatable bonds is 4. The Morgan fingerprint density at radius 3 is 1.70 bits per heavy atom. The summed E-state index contributed by atoms with van der Waals surface area (Å²) in [5.41, 5.74) is 20.9. The number of fused-ring (bicyclic) bond motifs is 3. The van der Waals surface area contributed by atoms with Crippen LogP contribution in [0.4, 0.5) is 0 Å². The molecule has 0 atom stereocenters. The molecule has 8 rings (SSSR count). The molecule has 228 valence electrons. The van der Waals surface area contributed by atoms with Crippen LogP contribution < -0.4 is 0 Å². The SMILES string of the molecule is Cc1cc(C)c(-c2ccc(-c3cccc(-c4ccccc4-c4ccc5c6c(cccc46)-c4cc(C(C)(C)C)ccc4-5)c3)cc2)c(C)c1. The first-order chi connectivity index (χ1) is 22.7. The van der Waals surface area contributed by atoms with Crippen LogP contribution in [-0.2, 0) is 5.41 Å². The van der Waals surface area contributed by atoms with Gasteiger partial charge in [-0.25, -0.2) is 0 Å². The van der Waals surface area contributed by atoms with Gasteiger partial charge >= 0.3 is 0 Å². The minimum atomic E-state index is 0.109. The van der Waals surface area contributed by atoms with Gasteiger partial charge in [0.15, 0.2) is 0 Å². The Hall–Kier alpha value is -5.20. The highest BCUT2D eigenvalue weighted by Gasteiger charge is 2.25. The Labute approximate surface area is 279 Å². The van der Waals surface area contributed by atoms with Crippen molar-refractivity contribution in [3.8, 4) is 66.8 Å². The molecule has 0 spiro atoms. The lowest BCUT2D eigenvalue weighted by atomic mass is 9.85. The second-order valence-corrected chi connectivity index (χ2v) is 14.4. The molecule has 0 fully saturated rings. The number of benzene rings is 7. The summed E-state index contributed by atoms with van der Waals surface area (Å²) in [6.45, 7) is 13.5. The predicted octanol–water partition coefficient (Wildman–Crippen LogP) is 13.4. The first-order valence-corrected chi connectivity index (χ1v) is 16.8. The highest BCUT2D eigenvalue weighted by molar-refractivity contribution is 6.19. The van der Waals surface area contributed by atoms with E-state index in [9.17, 15) is 0 Å². The highest BCUT2D eigenvalue weighted by Crippen LogP contribution is 2.51. The smallest absolute Gasteiger partial charge is 0.00201 e. The maximum absolute atomic E-state index is 2.42. The standard InChI is InChI=1S/C47H40/c1-29-25-30(2)45(31(3)26-29)33-19-17-32(18-20-33)34-11-9-12-35(27-34)37-13-7-8-14-38(37)39-23-24-43-40-22-21-36(47(4,5)6)28-44(40)42-16-10-15-41(39)46(42)43/h7-28H,1-6H3. The quantitative estimate of drug-likeness (QED) is 0.187. The zero-order chi connectivity index (χ0) is 32.4. The fraction of sp³-hybridized carbons (Fsp3) is 0.149. The lowest BCUT2D eigenvalue weighted by Crippen LogP contribution is -2.10. The Balaban J connectivity index is 1.20. The van der Waals surface area contributed by atoms with Crippen molar-refractivity contribution in [2.24, 2.45) is 0 Å². The Kier molecular flexibility index (Phi) is 6.81. The number of hydrogen-bond donors (Lipinski definition) is 0. The summed E-state index contributed by atoms with van der Waals surface area (Å²) < 4.78 is 0. The van der Waals surface area contributed by atoms with Crippen LogP contribution in [0.25, 0.3) is 77.5 Å². The Bertz CT molecular complexity index is 2320. The van der Waals surface area contributed by atoms with Gasteiger partial charge < -0.3 is 0 Å². The third kappa shape index (κ3) is 4.91. The zero-order valence-electron chi connectivity index (χ0n) is 28.2. The summed E-state index contributed by atoms with van der Waals surface area (Å²) in [6, 6.07) is 50.1. The van der Waals surface area contributed by atoms with Crippen LogP contribution in [0.15, 0.2) is 133 Å². The van der Waals surface area contributed by atoms with E-state index in [1.54, 1.807) is 0 Å². The van der Waals surface area contributed by atoms with Gasteiger partial charge in [0.1, 0.15) is 0 Å². The van der Waals surface area contributed by atoms with Crippen molar-refractivity contribution in [1.29, 1.82) is 0 Å². The van der Waals surface area contributed by atoms with Crippen LogP contribution in [0.3, 0.4) is 0 Å². The van der Waals surface area contributed by atoms with E-state index < -0.39 is 0 Å². The molecular weight excluding hydrogens is 565 g/mol. The summed E-state index contributed by atoms with van der Waals surface area (Å²) in [5.74, 6) is 0. The fourth-order valence-corrected chi connectivity index (χ4v) is 7.86. The van der Waals surface area contributed by atoms with Gasteiger partial charge in [0.25, 0.3) is 0 Å². The van der Waals surface area contributed by atoms with E-state index >= 15 is 0 Å². The monoisotopic (exact) mass is 604 g/mol. The van der Waals surface area contributed by atoms with Crippen LogP contribution in [0, 0.1) is 20.8 Å². The molecule has 1 aliphatic carbocycles. The lowest BCUT2D eigenvalue weighted by Gasteiger charge is -2.20. The molecule has 1 aliphatic rings. The molecule has 0 amide bonds. The maximum atomic E-state index is 2.42. The molecular formula is C47H40. The molecule has 0 aromatic heterocycles. The third-order valence-corrected chi connectivity index (χ3v) is 10.1. The van der Waals surface area contributed by atoms with E-state index in [2.05, 4.69) is 175 Å². The molecule has 0 heterocycles. The molecule has 0 bridgehead atoms. The van der Waals surface area contributed by atoms with Gasteiger partial charge in [-0.2, -0.15) is 0 Å². The minimum Gasteiger partial charge on any atom is -0.0616 e. The molecule has 0 saturated heterocycles. The number of aryl methyl sites for hydroxylation is 3. The molecule has 7 aromatic rings. The molecule has 47 heavy (non-hydrogen) atoms. The average molecular weight is 605 g/mol. The first kappa shape index (κ1) is 29.2. The molecule has 0 nitrogen and oxygen atoms in total. The average Bonchev–Trinajstić information content (AvgIpc) is 3.39. The third-order valence-electron chi connectivity index (χ3n) is 10.1. The minimum absolute atomic E-state index is 0.109. The van der Waals surface area contributed by atoms with Crippen molar-refractivity contribution in [3.05, 3.63) is 156 Å². The number of hydrogen-bond acceptors (Lipinski definition) is 0. The van der Waals surface area contributed by atoms with Gasteiger partial charge in [0.2, 0.25) is 0 Å². The predicted molar refractivity (Wildman–Crippen MR) is 203 cm³/mol. The van der Waals surface area contributed by atoms with Crippen LogP contribution in [-0.4, -0.2) is 0 Å². The lowest BCUT2D eigenvalue weighted by molar-refractivity contribution is 0.590. The second kappa shape index (κ2) is 11.0. The van der Waals surface area contributed by atoms with Crippen molar-refractivity contribution < 1.29 is 0 Å². The van der Waals surface area contributed by atoms with Gasteiger partial charge in [-0.1, -0.05) is 148 Å². The molecule has 7 aromatic carbocycles. The summed E-state index contributed by atoms with van der Waals surface area (Å²) in [4.78, 5) is 0. The molecule has 0 saturated carbocycles. The van der Waals surface area contributed by atoms with Crippen molar-refractivity contribution >= 4 is 10.8 Å². The van der Waals surface area contributed by atoms with Gasteiger partial charge in [0.05, 0.1) is 0 Å². The molecule has 0 aliphatic heterocycles. The van der Waals surface area contributed by atoms with Crippen molar-refractivity contribution in [1.82, 2.24) is 0 Å². The van der Waals surface area contributed by atoms with Gasteiger partial charge in [0, 0.05) is 0 Å². The van der Waals surface area contributed by atoms with Crippen molar-refractivity contribution in [3.63, 3.8) is 0 Å². The van der Waals surface area contributed by atoms with Gasteiger partial charge in [-0.15, -0.1) is 0 Å². The molecule has 0 radical (unpaired) electrons. The van der Waals surface area contributed by atoms with Crippen LogP contribution in [0.1, 0.15) is 43.0 Å². The van der Waals surface area contributed by atoms with E-state index in [1.165, 1.54) is 99.8 Å². The molecule has 0 unspecified atom stereocenters. The summed E-state index contributed by atoms with van der Waals surface area (Å²) in [6.07, 6.45) is 0. The summed E-state index contributed by atoms with van der Waals surface area (Å²) in [7, 11) is 0. The zero-order valence-corrected chi connectivity index (χ0v) is 28.2. The largest absolute Gasteiger partial charge is 0.0616 e. The Morgan fingerprint density at radius 1 is 0.383 bits per heavy atom. The van der Waals surface area contributed by atoms with Gasteiger partial charge in [-0.05, 0) is 133 Å². The summed E-state index contributed by atoms with van der Waals surface area (Å²) in [5, 5.41) is 2.68. The topological polar surface area (TPSA) is 0 Å². The molecule has 0 heteroatoms. The van der Waals surface area contributed by atoms with Crippen LogP contribution >= 0.6 is 0 Å². The Morgan fingerprint density at radius 2 is 0.957 bits per heavy atom. The van der Waals surface area contributed by atoms with E-state index in [1.807, 2.05) is 0 Å². The van der Waals surface area contributed by atoms with Crippen molar-refractivity contribution in [2.45, 2.75) is 47.0 Å². The first-order valence-electron chi connectivity index (χ1n) is 16.8. The van der Waals surface area contributed by atoms with E-state index in [0.717, 1.165) is 0 Å².